The summed E-state index contributed by atoms with van der Waals surface area (Å²) in [6.07, 6.45) is 10.3. The van der Waals surface area contributed by atoms with Gasteiger partial charge in [-0.25, -0.2) is 4.57 Å². The molecular formula is C22H28BO7P. The SMILES string of the molecule is [B]OP(=O)(O)OCC(=O)[C@@]1(O)[C@@H](C)CC2C3CCC4=CC(=O)C=C[C@]4(C)C3=CC[C@@]21C. The van der Waals surface area contributed by atoms with Gasteiger partial charge in [-0.05, 0) is 62.5 Å². The molecule has 2 fully saturated rings. The van der Waals surface area contributed by atoms with E-state index in [2.05, 4.69) is 22.0 Å². The third kappa shape index (κ3) is 3.22. The minimum absolute atomic E-state index is 0.0178. The highest BCUT2D eigenvalue weighted by molar-refractivity contribution is 7.48. The predicted octanol–water partition coefficient (Wildman–Crippen LogP) is 2.98. The maximum atomic E-state index is 13.1. The third-order valence-electron chi connectivity index (χ3n) is 8.45. The molecule has 0 aromatic heterocycles. The summed E-state index contributed by atoms with van der Waals surface area (Å²) in [5.41, 5.74) is -0.373. The number of carbonyl (C=O) groups excluding carboxylic acids is 2. The Balaban J connectivity index is 1.67. The largest absolute Gasteiger partial charge is 0.457 e. The third-order valence-corrected chi connectivity index (χ3v) is 9.17. The van der Waals surface area contributed by atoms with Crippen molar-refractivity contribution in [1.82, 2.24) is 0 Å². The maximum Gasteiger partial charge on any atom is 0.457 e. The van der Waals surface area contributed by atoms with E-state index in [9.17, 15) is 24.2 Å². The van der Waals surface area contributed by atoms with Crippen LogP contribution in [0.1, 0.15) is 46.5 Å². The van der Waals surface area contributed by atoms with E-state index in [1.54, 1.807) is 12.2 Å². The van der Waals surface area contributed by atoms with Crippen LogP contribution in [0.3, 0.4) is 0 Å². The molecule has 0 aromatic rings. The van der Waals surface area contributed by atoms with Gasteiger partial charge in [-0.2, -0.15) is 0 Å². The van der Waals surface area contributed by atoms with Crippen molar-refractivity contribution in [2.75, 3.05) is 6.61 Å². The lowest BCUT2D eigenvalue weighted by molar-refractivity contribution is -0.161. The van der Waals surface area contributed by atoms with Crippen molar-refractivity contribution in [2.24, 2.45) is 28.6 Å². The Morgan fingerprint density at radius 2 is 2.10 bits per heavy atom. The van der Waals surface area contributed by atoms with E-state index in [-0.39, 0.29) is 29.0 Å². The molecule has 4 aliphatic rings. The van der Waals surface area contributed by atoms with Crippen LogP contribution in [0.25, 0.3) is 0 Å². The second-order valence-corrected chi connectivity index (χ2v) is 11.2. The zero-order chi connectivity index (χ0) is 22.8. The molecule has 31 heavy (non-hydrogen) atoms. The molecule has 0 amide bonds. The molecule has 0 bridgehead atoms. The molecule has 0 aromatic carbocycles. The quantitative estimate of drug-likeness (QED) is 0.380. The molecule has 7 nitrogen and oxygen atoms in total. The van der Waals surface area contributed by atoms with E-state index in [4.69, 9.17) is 8.05 Å². The summed E-state index contributed by atoms with van der Waals surface area (Å²) in [6.45, 7) is 5.15. The highest BCUT2D eigenvalue weighted by Gasteiger charge is 2.67. The number of carbonyl (C=O) groups is 2. The van der Waals surface area contributed by atoms with Gasteiger partial charge in [0.05, 0.1) is 0 Å². The normalized spacial score (nSPS) is 43.3. The molecule has 0 saturated heterocycles. The van der Waals surface area contributed by atoms with Gasteiger partial charge < -0.3 is 14.4 Å². The second-order valence-electron chi connectivity index (χ2n) is 9.81. The zero-order valence-corrected chi connectivity index (χ0v) is 18.9. The Morgan fingerprint density at radius 1 is 1.39 bits per heavy atom. The van der Waals surface area contributed by atoms with Crippen molar-refractivity contribution in [3.63, 3.8) is 0 Å². The molecule has 166 valence electrons. The smallest absolute Gasteiger partial charge is 0.381 e. The standard InChI is InChI=1S/C22H28BO7P/c1-13-10-18-16-5-4-14-11-15(24)6-8-20(14,2)17(16)7-9-21(18,3)22(13,26)19(25)12-29-31(27,28)30-23/h6-8,11,13,16,18,26H,4-5,9-10,12H2,1-3H3,(H,27,28)/t13-,16?,18?,20-,21-,22-/m0/s1. The number of phosphoric acid groups is 1. The van der Waals surface area contributed by atoms with E-state index in [0.717, 1.165) is 18.4 Å². The Labute approximate surface area is 183 Å². The van der Waals surface area contributed by atoms with Crippen molar-refractivity contribution in [3.05, 3.63) is 35.5 Å². The van der Waals surface area contributed by atoms with Crippen molar-refractivity contribution in [3.8, 4) is 0 Å². The Morgan fingerprint density at radius 3 is 2.77 bits per heavy atom. The van der Waals surface area contributed by atoms with E-state index in [1.165, 1.54) is 5.57 Å². The Bertz CT molecular complexity index is 971. The molecule has 3 unspecified atom stereocenters. The molecule has 0 aliphatic heterocycles. The highest BCUT2D eigenvalue weighted by Crippen LogP contribution is 2.66. The highest BCUT2D eigenvalue weighted by atomic mass is 31.2. The van der Waals surface area contributed by atoms with Crippen LogP contribution in [0.15, 0.2) is 35.5 Å². The van der Waals surface area contributed by atoms with Crippen LogP contribution in [0, 0.1) is 28.6 Å². The first-order valence-corrected chi connectivity index (χ1v) is 12.1. The lowest BCUT2D eigenvalue weighted by Gasteiger charge is -2.53. The summed E-state index contributed by atoms with van der Waals surface area (Å²) in [5, 5.41) is 11.7. The van der Waals surface area contributed by atoms with E-state index in [0.29, 0.717) is 12.8 Å². The van der Waals surface area contributed by atoms with Gasteiger partial charge in [-0.1, -0.05) is 37.1 Å². The van der Waals surface area contributed by atoms with Gasteiger partial charge in [0.1, 0.15) is 12.2 Å². The van der Waals surface area contributed by atoms with Gasteiger partial charge >= 0.3 is 7.82 Å². The van der Waals surface area contributed by atoms with Gasteiger partial charge in [0.15, 0.2) is 11.6 Å². The van der Waals surface area contributed by atoms with Gasteiger partial charge in [-0.3, -0.25) is 14.1 Å². The van der Waals surface area contributed by atoms with Crippen LogP contribution in [0.4, 0.5) is 0 Å². The van der Waals surface area contributed by atoms with Crippen molar-refractivity contribution >= 4 is 27.4 Å². The van der Waals surface area contributed by atoms with Gasteiger partial charge in [0.25, 0.3) is 8.05 Å². The Kier molecular flexibility index (Phi) is 5.43. The van der Waals surface area contributed by atoms with Crippen molar-refractivity contribution in [1.29, 1.82) is 0 Å². The maximum absolute atomic E-state index is 13.1. The van der Waals surface area contributed by atoms with Crippen LogP contribution in [0.5, 0.6) is 0 Å². The zero-order valence-electron chi connectivity index (χ0n) is 18.0. The fraction of sp³-hybridized carbons (Fsp3) is 0.636. The summed E-state index contributed by atoms with van der Waals surface area (Å²) >= 11 is 0. The van der Waals surface area contributed by atoms with Crippen LogP contribution in [0.2, 0.25) is 0 Å². The van der Waals surface area contributed by atoms with E-state index < -0.39 is 31.2 Å². The first kappa shape index (κ1) is 22.9. The fourth-order valence-corrected chi connectivity index (χ4v) is 7.08. The summed E-state index contributed by atoms with van der Waals surface area (Å²) in [4.78, 5) is 34.4. The number of fused-ring (bicyclic) bond motifs is 5. The van der Waals surface area contributed by atoms with Crippen molar-refractivity contribution in [2.45, 2.75) is 52.1 Å². The molecule has 4 rings (SSSR count). The Hall–Kier alpha value is -1.31. The van der Waals surface area contributed by atoms with Crippen LogP contribution < -0.4 is 0 Å². The van der Waals surface area contributed by atoms with Crippen LogP contribution in [-0.2, 0) is 23.1 Å². The lowest BCUT2D eigenvalue weighted by Crippen LogP contribution is -2.57. The van der Waals surface area contributed by atoms with E-state index >= 15 is 0 Å². The predicted molar refractivity (Wildman–Crippen MR) is 114 cm³/mol. The number of Topliss-reactive ketones (excluding diaryl/α,β-unsaturated/α-hetero) is 1. The van der Waals surface area contributed by atoms with Gasteiger partial charge in [0.2, 0.25) is 0 Å². The minimum Gasteiger partial charge on any atom is -0.381 e. The first-order chi connectivity index (χ1) is 14.4. The molecular weight excluding hydrogens is 418 g/mol. The first-order valence-electron chi connectivity index (χ1n) is 10.7. The van der Waals surface area contributed by atoms with Crippen LogP contribution >= 0.6 is 7.82 Å². The summed E-state index contributed by atoms with van der Waals surface area (Å²) in [7, 11) is 0.198. The van der Waals surface area contributed by atoms with Crippen LogP contribution in [-0.4, -0.2) is 41.8 Å². The molecule has 2 N–H and O–H groups in total. The number of rotatable bonds is 5. The molecule has 0 spiro atoms. The van der Waals surface area contributed by atoms with Gasteiger partial charge in [-0.15, -0.1) is 0 Å². The molecule has 2 radical (unpaired) electrons. The monoisotopic (exact) mass is 446 g/mol. The summed E-state index contributed by atoms with van der Waals surface area (Å²) < 4.78 is 20.1. The minimum atomic E-state index is -4.54. The summed E-state index contributed by atoms with van der Waals surface area (Å²) in [5.74, 6) is -0.729. The number of phosphoric ester groups is 1. The number of allylic oxidation sites excluding steroid dienone is 6. The number of aliphatic hydroxyl groups is 1. The topological polar surface area (TPSA) is 110 Å². The molecule has 7 atom stereocenters. The fourth-order valence-electron chi connectivity index (χ4n) is 6.74. The number of hydrogen-bond acceptors (Lipinski definition) is 6. The van der Waals surface area contributed by atoms with Gasteiger partial charge in [0, 0.05) is 10.8 Å². The average molecular weight is 446 g/mol. The second kappa shape index (κ2) is 7.36. The molecule has 0 heterocycles. The van der Waals surface area contributed by atoms with E-state index in [1.807, 2.05) is 19.9 Å². The number of ketones is 2. The average Bonchev–Trinajstić information content (AvgIpc) is 2.94. The number of hydrogen-bond donors (Lipinski definition) is 2. The molecule has 9 heteroatoms. The summed E-state index contributed by atoms with van der Waals surface area (Å²) in [6, 6.07) is 0. The molecule has 2 saturated carbocycles. The molecule has 4 aliphatic carbocycles. The lowest BCUT2D eigenvalue weighted by atomic mass is 9.51. The van der Waals surface area contributed by atoms with Crippen molar-refractivity contribution < 1.29 is 33.1 Å².